The van der Waals surface area contributed by atoms with E-state index in [9.17, 15) is 8.78 Å². The zero-order chi connectivity index (χ0) is 25.1. The van der Waals surface area contributed by atoms with Gasteiger partial charge >= 0.3 is 0 Å². The first-order valence-corrected chi connectivity index (χ1v) is 12.3. The minimum Gasteiger partial charge on any atom is -0.396 e. The molecular formula is C28H29F2N5O. The van der Waals surface area contributed by atoms with E-state index in [4.69, 9.17) is 4.84 Å². The van der Waals surface area contributed by atoms with E-state index in [1.807, 2.05) is 32.2 Å². The van der Waals surface area contributed by atoms with Crippen LogP contribution in [0.25, 0.3) is 5.65 Å². The summed E-state index contributed by atoms with van der Waals surface area (Å²) in [6, 6.07) is 11.8. The van der Waals surface area contributed by atoms with Gasteiger partial charge in [0.1, 0.15) is 18.0 Å². The highest BCUT2D eigenvalue weighted by molar-refractivity contribution is 6.11. The first kappa shape index (κ1) is 24.1. The number of rotatable bonds is 7. The number of pyridine rings is 2. The zero-order valence-electron chi connectivity index (χ0n) is 20.5. The second kappa shape index (κ2) is 10.5. The van der Waals surface area contributed by atoms with Crippen LogP contribution in [0.5, 0.6) is 0 Å². The van der Waals surface area contributed by atoms with Crippen molar-refractivity contribution in [1.82, 2.24) is 19.3 Å². The highest BCUT2D eigenvalue weighted by Gasteiger charge is 2.21. The van der Waals surface area contributed by atoms with Crippen LogP contribution in [-0.2, 0) is 11.4 Å². The number of aryl methyl sites for hydroxylation is 1. The van der Waals surface area contributed by atoms with Crippen LogP contribution < -0.4 is 0 Å². The van der Waals surface area contributed by atoms with Crippen molar-refractivity contribution in [2.75, 3.05) is 19.7 Å². The Morgan fingerprint density at radius 1 is 1.06 bits per heavy atom. The van der Waals surface area contributed by atoms with Gasteiger partial charge in [-0.15, -0.1) is 0 Å². The third-order valence-corrected chi connectivity index (χ3v) is 6.60. The summed E-state index contributed by atoms with van der Waals surface area (Å²) in [7, 11) is 0. The number of nitrogens with zero attached hydrogens (tertiary/aromatic N) is 5. The number of oxime groups is 1. The molecule has 186 valence electrons. The monoisotopic (exact) mass is 489 g/mol. The second-order valence-corrected chi connectivity index (χ2v) is 9.20. The lowest BCUT2D eigenvalue weighted by molar-refractivity contribution is 0.159. The second-order valence-electron chi connectivity index (χ2n) is 9.20. The Hall–Kier alpha value is -3.65. The van der Waals surface area contributed by atoms with Gasteiger partial charge in [0.15, 0.2) is 11.6 Å². The average Bonchev–Trinajstić information content (AvgIpc) is 3.27. The number of likely N-dealkylation sites (tertiary alicyclic amines) is 1. The summed E-state index contributed by atoms with van der Waals surface area (Å²) in [5.41, 5.74) is 5.80. The summed E-state index contributed by atoms with van der Waals surface area (Å²) < 4.78 is 29.3. The molecule has 0 aliphatic carbocycles. The fraction of sp³-hybridized carbons (Fsp3) is 0.321. The van der Waals surface area contributed by atoms with Crippen LogP contribution in [0.3, 0.4) is 0 Å². The Morgan fingerprint density at radius 2 is 1.89 bits per heavy atom. The highest BCUT2D eigenvalue weighted by Crippen LogP contribution is 2.29. The van der Waals surface area contributed by atoms with Crippen LogP contribution in [0.4, 0.5) is 8.78 Å². The molecule has 0 bridgehead atoms. The Morgan fingerprint density at radius 3 is 2.61 bits per heavy atom. The van der Waals surface area contributed by atoms with Crippen molar-refractivity contribution in [1.29, 1.82) is 0 Å². The van der Waals surface area contributed by atoms with Gasteiger partial charge < -0.3 is 9.24 Å². The van der Waals surface area contributed by atoms with Crippen molar-refractivity contribution >= 4 is 11.4 Å². The van der Waals surface area contributed by atoms with E-state index in [-0.39, 0.29) is 0 Å². The average molecular weight is 490 g/mol. The van der Waals surface area contributed by atoms with Gasteiger partial charge in [-0.25, -0.2) is 13.8 Å². The van der Waals surface area contributed by atoms with E-state index in [2.05, 4.69) is 49.0 Å². The van der Waals surface area contributed by atoms with E-state index in [0.717, 1.165) is 61.5 Å². The lowest BCUT2D eigenvalue weighted by Crippen LogP contribution is -2.32. The number of halogens is 2. The maximum Gasteiger partial charge on any atom is 0.159 e. The molecule has 0 amide bonds. The maximum atomic E-state index is 13.8. The van der Waals surface area contributed by atoms with E-state index in [1.54, 1.807) is 0 Å². The topological polar surface area (TPSA) is 55.0 Å². The molecule has 6 nitrogen and oxygen atoms in total. The molecule has 36 heavy (non-hydrogen) atoms. The summed E-state index contributed by atoms with van der Waals surface area (Å²) >= 11 is 0. The molecule has 0 unspecified atom stereocenters. The molecule has 3 aromatic heterocycles. The molecule has 4 heterocycles. The van der Waals surface area contributed by atoms with Gasteiger partial charge in [-0.2, -0.15) is 0 Å². The summed E-state index contributed by atoms with van der Waals surface area (Å²) in [6.45, 7) is 7.02. The summed E-state index contributed by atoms with van der Waals surface area (Å²) in [4.78, 5) is 16.7. The fourth-order valence-corrected chi connectivity index (χ4v) is 4.74. The van der Waals surface area contributed by atoms with Gasteiger partial charge in [0, 0.05) is 30.7 Å². The van der Waals surface area contributed by atoms with Crippen molar-refractivity contribution in [3.8, 4) is 0 Å². The van der Waals surface area contributed by atoms with Crippen LogP contribution in [0, 0.1) is 18.6 Å². The molecule has 0 saturated carbocycles. The molecule has 0 atom stereocenters. The van der Waals surface area contributed by atoms with Crippen LogP contribution >= 0.6 is 0 Å². The van der Waals surface area contributed by atoms with Gasteiger partial charge in [-0.05, 0) is 87.2 Å². The number of piperidine rings is 1. The normalized spacial score (nSPS) is 15.5. The summed E-state index contributed by atoms with van der Waals surface area (Å²) in [5.74, 6) is -1.29. The van der Waals surface area contributed by atoms with Crippen molar-refractivity contribution in [2.24, 2.45) is 5.16 Å². The number of fused-ring (bicyclic) bond motifs is 1. The molecule has 5 rings (SSSR count). The van der Waals surface area contributed by atoms with Crippen molar-refractivity contribution < 1.29 is 13.6 Å². The molecule has 0 radical (unpaired) electrons. The van der Waals surface area contributed by atoms with E-state index < -0.39 is 11.6 Å². The van der Waals surface area contributed by atoms with E-state index in [1.165, 1.54) is 11.6 Å². The molecule has 0 spiro atoms. The van der Waals surface area contributed by atoms with Gasteiger partial charge in [0.2, 0.25) is 0 Å². The fourth-order valence-electron chi connectivity index (χ4n) is 4.74. The first-order valence-electron chi connectivity index (χ1n) is 12.3. The van der Waals surface area contributed by atoms with E-state index >= 15 is 0 Å². The number of aromatic nitrogens is 3. The summed E-state index contributed by atoms with van der Waals surface area (Å²) in [6.07, 6.45) is 8.31. The quantitative estimate of drug-likeness (QED) is 0.255. The SMILES string of the molecule is CCO/N=C(\c1ccc(F)c(F)c1)c1ccc(CN2CCC(c3ccc4nc(C)cn4c3)CC2)cn1. The summed E-state index contributed by atoms with van der Waals surface area (Å²) in [5, 5.41) is 4.11. The van der Waals surface area contributed by atoms with Crippen LogP contribution in [-0.4, -0.2) is 44.7 Å². The Balaban J connectivity index is 1.23. The van der Waals surface area contributed by atoms with Crippen LogP contribution in [0.15, 0.2) is 66.2 Å². The molecule has 1 aliphatic rings. The first-order chi connectivity index (χ1) is 17.5. The Kier molecular flexibility index (Phi) is 7.04. The molecule has 1 aliphatic heterocycles. The molecular weight excluding hydrogens is 460 g/mol. The molecule has 1 fully saturated rings. The van der Waals surface area contributed by atoms with Crippen molar-refractivity contribution in [3.63, 3.8) is 0 Å². The molecule has 0 N–H and O–H groups in total. The third-order valence-electron chi connectivity index (χ3n) is 6.60. The van der Waals surface area contributed by atoms with Gasteiger partial charge in [0.25, 0.3) is 0 Å². The minimum absolute atomic E-state index is 0.358. The minimum atomic E-state index is -0.934. The lowest BCUT2D eigenvalue weighted by Gasteiger charge is -2.32. The van der Waals surface area contributed by atoms with Gasteiger partial charge in [-0.1, -0.05) is 17.3 Å². The Labute approximate surface area is 209 Å². The third kappa shape index (κ3) is 5.28. The number of benzene rings is 1. The largest absolute Gasteiger partial charge is 0.396 e. The number of imidazole rings is 1. The molecule has 1 saturated heterocycles. The highest BCUT2D eigenvalue weighted by atomic mass is 19.2. The standard InChI is InChI=1S/C28H29F2N5O/c1-3-36-33-28(22-5-7-24(29)25(30)14-22)26-8-4-20(15-31-26)17-34-12-10-21(11-13-34)23-6-9-27-32-19(2)16-35(27)18-23/h4-9,14-16,18,21H,3,10-13,17H2,1-2H3/b33-28+. The predicted octanol–water partition coefficient (Wildman–Crippen LogP) is 5.48. The Bertz CT molecular complexity index is 1370. The maximum absolute atomic E-state index is 13.8. The van der Waals surface area contributed by atoms with Crippen molar-refractivity contribution in [3.05, 3.63) is 101 Å². The van der Waals surface area contributed by atoms with Crippen molar-refractivity contribution in [2.45, 2.75) is 39.2 Å². The number of hydrogen-bond donors (Lipinski definition) is 0. The molecule has 8 heteroatoms. The smallest absolute Gasteiger partial charge is 0.159 e. The predicted molar refractivity (Wildman–Crippen MR) is 135 cm³/mol. The molecule has 4 aromatic rings. The van der Waals surface area contributed by atoms with Gasteiger partial charge in [-0.3, -0.25) is 9.88 Å². The van der Waals surface area contributed by atoms with E-state index in [0.29, 0.717) is 29.5 Å². The van der Waals surface area contributed by atoms with Crippen LogP contribution in [0.1, 0.15) is 53.8 Å². The van der Waals surface area contributed by atoms with Crippen LogP contribution in [0.2, 0.25) is 0 Å². The lowest BCUT2D eigenvalue weighted by atomic mass is 9.90. The molecule has 1 aromatic carbocycles. The zero-order valence-corrected chi connectivity index (χ0v) is 20.5. The number of hydrogen-bond acceptors (Lipinski definition) is 5. The van der Waals surface area contributed by atoms with Gasteiger partial charge in [0.05, 0.1) is 11.4 Å².